The first kappa shape index (κ1) is 7.88. The minimum Gasteiger partial charge on any atom is -0.277 e. The Balaban J connectivity index is 3.76. The van der Waals surface area contributed by atoms with Gasteiger partial charge in [-0.3, -0.25) is 10.0 Å². The molecule has 2 N–H and O–H groups in total. The molecule has 4 heteroatoms. The second-order valence-electron chi connectivity index (χ2n) is 1.30. The first-order chi connectivity index (χ1) is 4.31. The van der Waals surface area contributed by atoms with Crippen LogP contribution in [0.5, 0.6) is 0 Å². The van der Waals surface area contributed by atoms with E-state index in [1.165, 1.54) is 17.5 Å². The van der Waals surface area contributed by atoms with Gasteiger partial charge in [-0.25, -0.2) is 10.8 Å². The molecule has 9 heavy (non-hydrogen) atoms. The summed E-state index contributed by atoms with van der Waals surface area (Å²) in [5, 5.41) is 1.27. The molecule has 0 aromatic heterocycles. The van der Waals surface area contributed by atoms with Gasteiger partial charge in [0.1, 0.15) is 6.34 Å². The van der Waals surface area contributed by atoms with Gasteiger partial charge >= 0.3 is 0 Å². The molecule has 4 nitrogen and oxygen atoms in total. The second kappa shape index (κ2) is 5.03. The van der Waals surface area contributed by atoms with Gasteiger partial charge in [-0.15, -0.1) is 0 Å². The van der Waals surface area contributed by atoms with Crippen molar-refractivity contribution in [2.45, 2.75) is 0 Å². The van der Waals surface area contributed by atoms with Crippen LogP contribution in [0.4, 0.5) is 0 Å². The van der Waals surface area contributed by atoms with Crippen LogP contribution in [0.15, 0.2) is 16.2 Å². The molecular formula is C5H10N4. The van der Waals surface area contributed by atoms with Crippen molar-refractivity contribution in [3.63, 3.8) is 0 Å². The van der Waals surface area contributed by atoms with Gasteiger partial charge in [-0.1, -0.05) is 0 Å². The van der Waals surface area contributed by atoms with Crippen LogP contribution < -0.4 is 5.84 Å². The fraction of sp³-hybridized carbons (Fsp3) is 0.400. The normalized spacial score (nSPS) is 8.78. The molecule has 0 fully saturated rings. The SMILES string of the molecule is CN=C=CN(N)C=NC. The molecule has 0 bridgehead atoms. The number of hydrazine groups is 1. The van der Waals surface area contributed by atoms with Crippen molar-refractivity contribution < 1.29 is 0 Å². The lowest BCUT2D eigenvalue weighted by atomic mass is 10.9. The highest BCUT2D eigenvalue weighted by atomic mass is 15.4. The lowest BCUT2D eigenvalue weighted by molar-refractivity contribution is 0.620. The van der Waals surface area contributed by atoms with Crippen molar-refractivity contribution in [1.82, 2.24) is 5.01 Å². The highest BCUT2D eigenvalue weighted by Gasteiger charge is 1.76. The van der Waals surface area contributed by atoms with Gasteiger partial charge in [0.05, 0.1) is 6.20 Å². The molecule has 50 valence electrons. The number of nitrogens with zero attached hydrogens (tertiary/aromatic N) is 3. The molecule has 0 unspecified atom stereocenters. The molecule has 0 saturated carbocycles. The van der Waals surface area contributed by atoms with Gasteiger partial charge < -0.3 is 0 Å². The summed E-state index contributed by atoms with van der Waals surface area (Å²) in [7, 11) is 3.25. The third-order valence-electron chi connectivity index (χ3n) is 0.585. The van der Waals surface area contributed by atoms with E-state index in [1.807, 2.05) is 0 Å². The Kier molecular flexibility index (Phi) is 4.40. The van der Waals surface area contributed by atoms with Crippen molar-refractivity contribution in [3.05, 3.63) is 6.20 Å². The smallest absolute Gasteiger partial charge is 0.104 e. The Bertz CT molecular complexity index is 143. The maximum absolute atomic E-state index is 5.28. The second-order valence-corrected chi connectivity index (χ2v) is 1.30. The molecule has 0 heterocycles. The molecule has 0 atom stereocenters. The van der Waals surface area contributed by atoms with Crippen molar-refractivity contribution in [2.24, 2.45) is 15.8 Å². The van der Waals surface area contributed by atoms with Gasteiger partial charge in [0, 0.05) is 20.0 Å². The van der Waals surface area contributed by atoms with Gasteiger partial charge in [0.25, 0.3) is 0 Å². The van der Waals surface area contributed by atoms with E-state index in [0.717, 1.165) is 0 Å². The molecule has 0 aliphatic heterocycles. The Morgan fingerprint density at radius 1 is 1.56 bits per heavy atom. The fourth-order valence-electron chi connectivity index (χ4n) is 0.291. The number of aliphatic imine (C=N–C) groups is 2. The Labute approximate surface area is 54.4 Å². The standard InChI is InChI=1S/C5H10N4/c1-7-3-4-9(6)5-8-2/h4-5H,6H2,1-2H3. The molecule has 0 spiro atoms. The quantitative estimate of drug-likeness (QED) is 0.237. The Hall–Kier alpha value is -1.12. The minimum atomic E-state index is 1.27. The fourth-order valence-corrected chi connectivity index (χ4v) is 0.291. The molecule has 0 amide bonds. The van der Waals surface area contributed by atoms with Gasteiger partial charge in [0.2, 0.25) is 0 Å². The topological polar surface area (TPSA) is 54.0 Å². The summed E-state index contributed by atoms with van der Waals surface area (Å²) < 4.78 is 0. The number of nitrogens with two attached hydrogens (primary N) is 1. The van der Waals surface area contributed by atoms with Crippen LogP contribution in [0.3, 0.4) is 0 Å². The summed E-state index contributed by atoms with van der Waals surface area (Å²) in [6.07, 6.45) is 2.94. The summed E-state index contributed by atoms with van der Waals surface area (Å²) in [5.41, 5.74) is 0. The molecule has 0 aromatic carbocycles. The van der Waals surface area contributed by atoms with Crippen LogP contribution in [0.1, 0.15) is 0 Å². The molecule has 0 aliphatic rings. The van der Waals surface area contributed by atoms with Crippen molar-refractivity contribution in [1.29, 1.82) is 0 Å². The maximum atomic E-state index is 5.28. The van der Waals surface area contributed by atoms with Crippen LogP contribution in [0, 0.1) is 0 Å². The third kappa shape index (κ3) is 4.74. The molecule has 0 radical (unpaired) electrons. The summed E-state index contributed by atoms with van der Waals surface area (Å²) in [4.78, 5) is 7.22. The van der Waals surface area contributed by atoms with E-state index in [1.54, 1.807) is 14.1 Å². The van der Waals surface area contributed by atoms with Crippen molar-refractivity contribution >= 4 is 12.2 Å². The predicted molar refractivity (Wildman–Crippen MR) is 38.4 cm³/mol. The van der Waals surface area contributed by atoms with Crippen LogP contribution >= 0.6 is 0 Å². The minimum absolute atomic E-state index is 1.27. The van der Waals surface area contributed by atoms with E-state index in [-0.39, 0.29) is 0 Å². The summed E-state index contributed by atoms with van der Waals surface area (Å²) in [5.74, 6) is 7.82. The monoisotopic (exact) mass is 126 g/mol. The van der Waals surface area contributed by atoms with E-state index >= 15 is 0 Å². The lowest BCUT2D eigenvalue weighted by Gasteiger charge is -1.99. The van der Waals surface area contributed by atoms with E-state index in [2.05, 4.69) is 15.9 Å². The predicted octanol–water partition coefficient (Wildman–Crippen LogP) is -0.367. The van der Waals surface area contributed by atoms with E-state index in [9.17, 15) is 0 Å². The molecule has 0 saturated heterocycles. The molecular weight excluding hydrogens is 116 g/mol. The molecule has 0 rings (SSSR count). The van der Waals surface area contributed by atoms with Crippen LogP contribution in [0.25, 0.3) is 0 Å². The number of rotatable bonds is 2. The highest BCUT2D eigenvalue weighted by Crippen LogP contribution is 1.66. The summed E-state index contributed by atoms with van der Waals surface area (Å²) in [6.45, 7) is 0. The zero-order valence-corrected chi connectivity index (χ0v) is 5.57. The van der Waals surface area contributed by atoms with Crippen LogP contribution in [-0.2, 0) is 0 Å². The van der Waals surface area contributed by atoms with Crippen molar-refractivity contribution in [3.8, 4) is 0 Å². The first-order valence-electron chi connectivity index (χ1n) is 2.44. The maximum Gasteiger partial charge on any atom is 0.104 e. The lowest BCUT2D eigenvalue weighted by Crippen LogP contribution is -2.22. The van der Waals surface area contributed by atoms with E-state index in [4.69, 9.17) is 5.84 Å². The van der Waals surface area contributed by atoms with E-state index in [0.29, 0.717) is 0 Å². The zero-order chi connectivity index (χ0) is 7.11. The van der Waals surface area contributed by atoms with Crippen molar-refractivity contribution in [2.75, 3.05) is 14.1 Å². The van der Waals surface area contributed by atoms with Gasteiger partial charge in [-0.05, 0) is 0 Å². The van der Waals surface area contributed by atoms with Gasteiger partial charge in [0.15, 0.2) is 0 Å². The van der Waals surface area contributed by atoms with Crippen LogP contribution in [-0.4, -0.2) is 31.3 Å². The van der Waals surface area contributed by atoms with Crippen LogP contribution in [0.2, 0.25) is 0 Å². The Morgan fingerprint density at radius 2 is 2.22 bits per heavy atom. The molecule has 0 aromatic rings. The number of hydrogen-bond donors (Lipinski definition) is 1. The number of hydrogen-bond acceptors (Lipinski definition) is 3. The average molecular weight is 126 g/mol. The zero-order valence-electron chi connectivity index (χ0n) is 5.57. The van der Waals surface area contributed by atoms with E-state index < -0.39 is 0 Å². The third-order valence-corrected chi connectivity index (χ3v) is 0.585. The largest absolute Gasteiger partial charge is 0.277 e. The average Bonchev–Trinajstić information content (AvgIpc) is 1.85. The summed E-state index contributed by atoms with van der Waals surface area (Å²) >= 11 is 0. The summed E-state index contributed by atoms with van der Waals surface area (Å²) in [6, 6.07) is 0. The highest BCUT2D eigenvalue weighted by molar-refractivity contribution is 5.61. The first-order valence-corrected chi connectivity index (χ1v) is 2.44. The van der Waals surface area contributed by atoms with Gasteiger partial charge in [-0.2, -0.15) is 0 Å². The molecule has 0 aliphatic carbocycles. The Morgan fingerprint density at radius 3 is 2.67 bits per heavy atom.